The third-order valence-electron chi connectivity index (χ3n) is 2.27. The predicted molar refractivity (Wildman–Crippen MR) is 66.2 cm³/mol. The average Bonchev–Trinajstić information content (AvgIpc) is 2.85. The van der Waals surface area contributed by atoms with E-state index in [1.807, 2.05) is 19.2 Å². The second kappa shape index (κ2) is 4.96. The highest BCUT2D eigenvalue weighted by Gasteiger charge is 2.14. The lowest BCUT2D eigenvalue weighted by atomic mass is 10.1. The maximum Gasteiger partial charge on any atom is 0.169 e. The van der Waals surface area contributed by atoms with E-state index in [9.17, 15) is 0 Å². The quantitative estimate of drug-likeness (QED) is 0.929. The molecule has 0 aromatic carbocycles. The molecule has 0 bridgehead atoms. The Morgan fingerprint density at radius 2 is 2.33 bits per heavy atom. The topological polar surface area (TPSA) is 25.2 Å². The predicted octanol–water partition coefficient (Wildman–Crippen LogP) is 3.61. The molecule has 0 spiro atoms. The summed E-state index contributed by atoms with van der Waals surface area (Å²) in [6, 6.07) is 8.39. The maximum absolute atomic E-state index is 5.54. The van der Waals surface area contributed by atoms with Gasteiger partial charge in [-0.25, -0.2) is 0 Å². The zero-order valence-electron chi connectivity index (χ0n) is 8.37. The highest BCUT2D eigenvalue weighted by Crippen LogP contribution is 2.24. The van der Waals surface area contributed by atoms with Crippen LogP contribution in [0.15, 0.2) is 38.7 Å². The van der Waals surface area contributed by atoms with Crippen LogP contribution in [0.4, 0.5) is 0 Å². The van der Waals surface area contributed by atoms with Crippen LogP contribution in [0.3, 0.4) is 0 Å². The van der Waals surface area contributed by atoms with Crippen molar-refractivity contribution in [3.05, 3.63) is 45.0 Å². The number of likely N-dealkylation sites (N-methyl/N-ethyl adjacent to an activating group) is 1. The fourth-order valence-corrected chi connectivity index (χ4v) is 2.56. The third-order valence-corrected chi connectivity index (χ3v) is 3.60. The van der Waals surface area contributed by atoms with Crippen LogP contribution in [0, 0.1) is 0 Å². The Morgan fingerprint density at radius 1 is 1.47 bits per heavy atom. The standard InChI is InChI=1S/C11H12BrNOS/c1-13-9(7-8-3-2-6-15-8)10-4-5-11(12)14-10/h2-6,9,13H,7H2,1H3. The first-order chi connectivity index (χ1) is 7.29. The molecule has 0 fully saturated rings. The number of rotatable bonds is 4. The normalized spacial score (nSPS) is 12.9. The Balaban J connectivity index is 2.11. The second-order valence-electron chi connectivity index (χ2n) is 3.27. The van der Waals surface area contributed by atoms with Gasteiger partial charge in [-0.15, -0.1) is 11.3 Å². The fraction of sp³-hybridized carbons (Fsp3) is 0.273. The molecule has 2 heterocycles. The van der Waals surface area contributed by atoms with Crippen molar-refractivity contribution in [3.8, 4) is 0 Å². The molecule has 1 atom stereocenters. The summed E-state index contributed by atoms with van der Waals surface area (Å²) in [6.07, 6.45) is 0.966. The number of hydrogen-bond donors (Lipinski definition) is 1. The van der Waals surface area contributed by atoms with Crippen LogP contribution in [0.25, 0.3) is 0 Å². The van der Waals surface area contributed by atoms with Crippen molar-refractivity contribution in [2.75, 3.05) is 7.05 Å². The van der Waals surface area contributed by atoms with Gasteiger partial charge in [0.2, 0.25) is 0 Å². The smallest absolute Gasteiger partial charge is 0.169 e. The molecule has 15 heavy (non-hydrogen) atoms. The van der Waals surface area contributed by atoms with E-state index in [-0.39, 0.29) is 6.04 Å². The average molecular weight is 286 g/mol. The van der Waals surface area contributed by atoms with E-state index in [1.54, 1.807) is 11.3 Å². The van der Waals surface area contributed by atoms with Crippen molar-refractivity contribution in [1.82, 2.24) is 5.32 Å². The molecular formula is C11H12BrNOS. The number of furan rings is 1. The number of hydrogen-bond acceptors (Lipinski definition) is 3. The summed E-state index contributed by atoms with van der Waals surface area (Å²) >= 11 is 5.09. The summed E-state index contributed by atoms with van der Waals surface area (Å²) in [6.45, 7) is 0. The summed E-state index contributed by atoms with van der Waals surface area (Å²) in [7, 11) is 1.95. The highest BCUT2D eigenvalue weighted by molar-refractivity contribution is 9.10. The van der Waals surface area contributed by atoms with Crippen molar-refractivity contribution in [3.63, 3.8) is 0 Å². The van der Waals surface area contributed by atoms with Crippen molar-refractivity contribution < 1.29 is 4.42 Å². The monoisotopic (exact) mass is 285 g/mol. The fourth-order valence-electron chi connectivity index (χ4n) is 1.49. The highest BCUT2D eigenvalue weighted by atomic mass is 79.9. The molecule has 0 aliphatic rings. The maximum atomic E-state index is 5.54. The summed E-state index contributed by atoms with van der Waals surface area (Å²) in [4.78, 5) is 1.36. The summed E-state index contributed by atoms with van der Waals surface area (Å²) < 4.78 is 6.33. The van der Waals surface area contributed by atoms with Crippen LogP contribution in [0.5, 0.6) is 0 Å². The van der Waals surface area contributed by atoms with Crippen LogP contribution in [-0.2, 0) is 6.42 Å². The zero-order valence-corrected chi connectivity index (χ0v) is 10.8. The minimum absolute atomic E-state index is 0.245. The van der Waals surface area contributed by atoms with E-state index < -0.39 is 0 Å². The Hall–Kier alpha value is -0.580. The van der Waals surface area contributed by atoms with Gasteiger partial charge in [0.1, 0.15) is 5.76 Å². The van der Waals surface area contributed by atoms with Gasteiger partial charge in [-0.3, -0.25) is 0 Å². The summed E-state index contributed by atoms with van der Waals surface area (Å²) in [5, 5.41) is 5.36. The van der Waals surface area contributed by atoms with E-state index in [0.717, 1.165) is 16.9 Å². The molecule has 0 saturated carbocycles. The van der Waals surface area contributed by atoms with Crippen LogP contribution < -0.4 is 5.32 Å². The lowest BCUT2D eigenvalue weighted by Gasteiger charge is -2.11. The lowest BCUT2D eigenvalue weighted by molar-refractivity contribution is 0.418. The Labute approximate surface area is 101 Å². The minimum atomic E-state index is 0.245. The molecule has 0 aliphatic carbocycles. The van der Waals surface area contributed by atoms with E-state index in [1.165, 1.54) is 4.88 Å². The van der Waals surface area contributed by atoms with Gasteiger partial charge >= 0.3 is 0 Å². The van der Waals surface area contributed by atoms with Gasteiger partial charge in [-0.2, -0.15) is 0 Å². The number of nitrogens with one attached hydrogen (secondary N) is 1. The molecule has 2 aromatic rings. The number of thiophene rings is 1. The molecule has 2 nitrogen and oxygen atoms in total. The summed E-state index contributed by atoms with van der Waals surface area (Å²) in [5.74, 6) is 0.970. The molecule has 0 radical (unpaired) electrons. The van der Waals surface area contributed by atoms with Gasteiger partial charge in [0, 0.05) is 11.3 Å². The minimum Gasteiger partial charge on any atom is -0.453 e. The second-order valence-corrected chi connectivity index (χ2v) is 5.08. The van der Waals surface area contributed by atoms with Crippen molar-refractivity contribution in [2.45, 2.75) is 12.5 Å². The van der Waals surface area contributed by atoms with E-state index in [4.69, 9.17) is 4.42 Å². The van der Waals surface area contributed by atoms with Gasteiger partial charge in [-0.05, 0) is 46.6 Å². The Bertz CT molecular complexity index is 410. The van der Waals surface area contributed by atoms with E-state index >= 15 is 0 Å². The van der Waals surface area contributed by atoms with Gasteiger partial charge in [0.15, 0.2) is 4.67 Å². The van der Waals surface area contributed by atoms with E-state index in [0.29, 0.717) is 0 Å². The van der Waals surface area contributed by atoms with E-state index in [2.05, 4.69) is 38.8 Å². The Morgan fingerprint density at radius 3 is 2.87 bits per heavy atom. The first-order valence-corrected chi connectivity index (χ1v) is 6.41. The molecule has 0 aliphatic heterocycles. The van der Waals surface area contributed by atoms with Crippen molar-refractivity contribution in [2.24, 2.45) is 0 Å². The lowest BCUT2D eigenvalue weighted by Crippen LogP contribution is -2.17. The van der Waals surface area contributed by atoms with Gasteiger partial charge in [-0.1, -0.05) is 6.07 Å². The molecule has 2 aromatic heterocycles. The molecule has 0 saturated heterocycles. The Kier molecular flexibility index (Phi) is 3.61. The van der Waals surface area contributed by atoms with Crippen LogP contribution in [0.1, 0.15) is 16.7 Å². The molecule has 1 N–H and O–H groups in total. The van der Waals surface area contributed by atoms with Gasteiger partial charge < -0.3 is 9.73 Å². The van der Waals surface area contributed by atoms with Crippen molar-refractivity contribution in [1.29, 1.82) is 0 Å². The van der Waals surface area contributed by atoms with Gasteiger partial charge in [0.05, 0.1) is 6.04 Å². The number of halogens is 1. The SMILES string of the molecule is CNC(Cc1cccs1)c1ccc(Br)o1. The first-order valence-electron chi connectivity index (χ1n) is 4.74. The van der Waals surface area contributed by atoms with Gasteiger partial charge in [0.25, 0.3) is 0 Å². The molecular weight excluding hydrogens is 274 g/mol. The molecule has 4 heteroatoms. The molecule has 1 unspecified atom stereocenters. The third kappa shape index (κ3) is 2.71. The van der Waals surface area contributed by atoms with Crippen LogP contribution >= 0.6 is 27.3 Å². The molecule has 2 rings (SSSR count). The summed E-state index contributed by atoms with van der Waals surface area (Å²) in [5.41, 5.74) is 0. The van der Waals surface area contributed by atoms with Crippen LogP contribution in [0.2, 0.25) is 0 Å². The first kappa shape index (κ1) is 10.9. The molecule has 80 valence electrons. The largest absolute Gasteiger partial charge is 0.453 e. The zero-order chi connectivity index (χ0) is 10.7. The van der Waals surface area contributed by atoms with Crippen LogP contribution in [-0.4, -0.2) is 7.05 Å². The van der Waals surface area contributed by atoms with Crippen molar-refractivity contribution >= 4 is 27.3 Å². The molecule has 0 amide bonds.